The Morgan fingerprint density at radius 2 is 1.94 bits per heavy atom. The first-order valence-electron chi connectivity index (χ1n) is 5.27. The van der Waals surface area contributed by atoms with Crippen LogP contribution in [-0.4, -0.2) is 5.91 Å². The molecule has 6 heteroatoms. The third-order valence-corrected chi connectivity index (χ3v) is 3.31. The third kappa shape index (κ3) is 3.06. The molecule has 1 aromatic carbocycles. The Balaban J connectivity index is 1.96. The highest BCUT2D eigenvalue weighted by Crippen LogP contribution is 2.24. The molecule has 0 saturated carbocycles. The van der Waals surface area contributed by atoms with E-state index in [1.807, 2.05) is 29.7 Å². The van der Waals surface area contributed by atoms with Gasteiger partial charge in [0.1, 0.15) is 5.76 Å². The Morgan fingerprint density at radius 1 is 1.22 bits per heavy atom. The molecule has 5 nitrogen and oxygen atoms in total. The van der Waals surface area contributed by atoms with Crippen LogP contribution in [0.5, 0.6) is 0 Å². The number of nitrogens with one attached hydrogen (secondary N) is 1. The number of rotatable bonds is 4. The van der Waals surface area contributed by atoms with E-state index in [4.69, 9.17) is 16.0 Å². The standard InChI is InChI=1S/C12H13N3O2S/c13-8-1-4-10(5-2-8)18-7-9-3-6-11(17-9)12(16)15-14/h1-6H,7,13-14H2,(H,15,16). The quantitative estimate of drug-likeness (QED) is 0.257. The van der Waals surface area contributed by atoms with E-state index < -0.39 is 5.91 Å². The lowest BCUT2D eigenvalue weighted by atomic mass is 10.3. The summed E-state index contributed by atoms with van der Waals surface area (Å²) in [5, 5.41) is 0. The highest BCUT2D eigenvalue weighted by atomic mass is 32.2. The van der Waals surface area contributed by atoms with Gasteiger partial charge in [-0.3, -0.25) is 10.2 Å². The van der Waals surface area contributed by atoms with Crippen molar-refractivity contribution in [3.8, 4) is 0 Å². The number of hydrazine groups is 1. The topological polar surface area (TPSA) is 94.3 Å². The molecular formula is C12H13N3O2S. The molecule has 0 aliphatic rings. The second-order valence-corrected chi connectivity index (χ2v) is 4.65. The molecule has 0 atom stereocenters. The third-order valence-electron chi connectivity index (χ3n) is 2.28. The number of furan rings is 1. The van der Waals surface area contributed by atoms with Crippen molar-refractivity contribution >= 4 is 23.4 Å². The molecule has 0 spiro atoms. The molecular weight excluding hydrogens is 250 g/mol. The number of benzene rings is 1. The van der Waals surface area contributed by atoms with Gasteiger partial charge in [0, 0.05) is 10.6 Å². The van der Waals surface area contributed by atoms with E-state index in [0.29, 0.717) is 5.75 Å². The summed E-state index contributed by atoms with van der Waals surface area (Å²) in [5.41, 5.74) is 8.36. The average Bonchev–Trinajstić information content (AvgIpc) is 2.86. The van der Waals surface area contributed by atoms with Crippen molar-refractivity contribution in [2.75, 3.05) is 5.73 Å². The molecule has 0 aliphatic heterocycles. The Morgan fingerprint density at radius 3 is 2.61 bits per heavy atom. The minimum atomic E-state index is -0.432. The predicted molar refractivity (Wildman–Crippen MR) is 70.8 cm³/mol. The van der Waals surface area contributed by atoms with E-state index in [1.165, 1.54) is 0 Å². The summed E-state index contributed by atoms with van der Waals surface area (Å²) in [4.78, 5) is 12.3. The van der Waals surface area contributed by atoms with Gasteiger partial charge in [0.15, 0.2) is 5.76 Å². The molecule has 0 fully saturated rings. The maximum atomic E-state index is 11.2. The van der Waals surface area contributed by atoms with E-state index >= 15 is 0 Å². The van der Waals surface area contributed by atoms with Crippen molar-refractivity contribution in [2.24, 2.45) is 5.84 Å². The van der Waals surface area contributed by atoms with Crippen LogP contribution in [0.3, 0.4) is 0 Å². The fraction of sp³-hybridized carbons (Fsp3) is 0.0833. The van der Waals surface area contributed by atoms with E-state index in [1.54, 1.807) is 23.9 Å². The normalized spacial score (nSPS) is 10.3. The molecule has 0 unspecified atom stereocenters. The largest absolute Gasteiger partial charge is 0.455 e. The van der Waals surface area contributed by atoms with Crippen molar-refractivity contribution in [2.45, 2.75) is 10.6 Å². The van der Waals surface area contributed by atoms with Gasteiger partial charge in [0.2, 0.25) is 0 Å². The fourth-order valence-electron chi connectivity index (χ4n) is 1.37. The molecule has 0 radical (unpaired) electrons. The Kier molecular flexibility index (Phi) is 3.91. The zero-order valence-electron chi connectivity index (χ0n) is 9.55. The number of hydrogen-bond acceptors (Lipinski definition) is 5. The van der Waals surface area contributed by atoms with Crippen molar-refractivity contribution in [3.05, 3.63) is 47.9 Å². The van der Waals surface area contributed by atoms with Crippen LogP contribution in [0.15, 0.2) is 45.7 Å². The number of anilines is 1. The number of nitrogens with two attached hydrogens (primary N) is 2. The minimum absolute atomic E-state index is 0.213. The van der Waals surface area contributed by atoms with Crippen LogP contribution in [0, 0.1) is 0 Å². The van der Waals surface area contributed by atoms with Gasteiger partial charge in [-0.25, -0.2) is 5.84 Å². The molecule has 2 aromatic rings. The molecule has 94 valence electrons. The van der Waals surface area contributed by atoms with Gasteiger partial charge in [-0.2, -0.15) is 0 Å². The van der Waals surface area contributed by atoms with E-state index in [9.17, 15) is 4.79 Å². The van der Waals surface area contributed by atoms with Gasteiger partial charge in [-0.15, -0.1) is 11.8 Å². The van der Waals surface area contributed by atoms with Gasteiger partial charge in [-0.05, 0) is 36.4 Å². The van der Waals surface area contributed by atoms with E-state index in [0.717, 1.165) is 16.3 Å². The van der Waals surface area contributed by atoms with Crippen LogP contribution < -0.4 is 17.0 Å². The highest BCUT2D eigenvalue weighted by molar-refractivity contribution is 7.98. The fourth-order valence-corrected chi connectivity index (χ4v) is 2.16. The molecule has 18 heavy (non-hydrogen) atoms. The smallest absolute Gasteiger partial charge is 0.300 e. The maximum Gasteiger partial charge on any atom is 0.300 e. The number of nitrogen functional groups attached to an aromatic ring is 2. The van der Waals surface area contributed by atoms with Crippen LogP contribution in [0.1, 0.15) is 16.3 Å². The molecule has 1 aromatic heterocycles. The second kappa shape index (κ2) is 5.61. The summed E-state index contributed by atoms with van der Waals surface area (Å²) in [7, 11) is 0. The first kappa shape index (κ1) is 12.5. The van der Waals surface area contributed by atoms with Gasteiger partial charge in [0.05, 0.1) is 5.75 Å². The zero-order chi connectivity index (χ0) is 13.0. The first-order chi connectivity index (χ1) is 8.69. The van der Waals surface area contributed by atoms with Crippen LogP contribution in [0.4, 0.5) is 5.69 Å². The number of amides is 1. The summed E-state index contributed by atoms with van der Waals surface area (Å²) in [6, 6.07) is 10.9. The van der Waals surface area contributed by atoms with Crippen molar-refractivity contribution in [3.63, 3.8) is 0 Å². The summed E-state index contributed by atoms with van der Waals surface area (Å²) >= 11 is 1.60. The predicted octanol–water partition coefficient (Wildman–Crippen LogP) is 1.76. The summed E-state index contributed by atoms with van der Waals surface area (Å²) in [6.07, 6.45) is 0. The zero-order valence-corrected chi connectivity index (χ0v) is 10.4. The van der Waals surface area contributed by atoms with Crippen molar-refractivity contribution in [1.29, 1.82) is 0 Å². The van der Waals surface area contributed by atoms with Gasteiger partial charge < -0.3 is 10.2 Å². The van der Waals surface area contributed by atoms with Gasteiger partial charge in [0.25, 0.3) is 0 Å². The number of carbonyl (C=O) groups is 1. The number of thioether (sulfide) groups is 1. The average molecular weight is 263 g/mol. The lowest BCUT2D eigenvalue weighted by Gasteiger charge is -2.00. The number of carbonyl (C=O) groups excluding carboxylic acids is 1. The molecule has 0 aliphatic carbocycles. The Bertz CT molecular complexity index is 537. The lowest BCUT2D eigenvalue weighted by Crippen LogP contribution is -2.29. The van der Waals surface area contributed by atoms with Crippen LogP contribution in [-0.2, 0) is 5.75 Å². The molecule has 0 bridgehead atoms. The van der Waals surface area contributed by atoms with E-state index in [-0.39, 0.29) is 5.76 Å². The van der Waals surface area contributed by atoms with E-state index in [2.05, 4.69) is 0 Å². The molecule has 0 saturated heterocycles. The van der Waals surface area contributed by atoms with Crippen LogP contribution in [0.2, 0.25) is 0 Å². The summed E-state index contributed by atoms with van der Waals surface area (Å²) < 4.78 is 5.34. The second-order valence-electron chi connectivity index (χ2n) is 3.60. The summed E-state index contributed by atoms with van der Waals surface area (Å²) in [5.74, 6) is 6.16. The molecule has 1 heterocycles. The summed E-state index contributed by atoms with van der Waals surface area (Å²) in [6.45, 7) is 0. The molecule has 5 N–H and O–H groups in total. The molecule has 1 amide bonds. The monoisotopic (exact) mass is 263 g/mol. The van der Waals surface area contributed by atoms with Crippen LogP contribution in [0.25, 0.3) is 0 Å². The highest BCUT2D eigenvalue weighted by Gasteiger charge is 2.09. The maximum absolute atomic E-state index is 11.2. The number of hydrogen-bond donors (Lipinski definition) is 3. The molecule has 2 rings (SSSR count). The lowest BCUT2D eigenvalue weighted by molar-refractivity contribution is 0.0924. The van der Waals surface area contributed by atoms with Crippen LogP contribution >= 0.6 is 11.8 Å². The Labute approximate surface area is 108 Å². The van der Waals surface area contributed by atoms with Gasteiger partial charge >= 0.3 is 5.91 Å². The van der Waals surface area contributed by atoms with Crippen molar-refractivity contribution < 1.29 is 9.21 Å². The minimum Gasteiger partial charge on any atom is -0.455 e. The van der Waals surface area contributed by atoms with Crippen molar-refractivity contribution in [1.82, 2.24) is 5.43 Å². The van der Waals surface area contributed by atoms with Gasteiger partial charge in [-0.1, -0.05) is 0 Å². The Hall–Kier alpha value is -1.92. The SMILES string of the molecule is NNC(=O)c1ccc(CSc2ccc(N)cc2)o1. The first-order valence-corrected chi connectivity index (χ1v) is 6.25.